The van der Waals surface area contributed by atoms with Gasteiger partial charge in [-0.3, -0.25) is 9.48 Å². The second-order valence-corrected chi connectivity index (χ2v) is 4.58. The summed E-state index contributed by atoms with van der Waals surface area (Å²) < 4.78 is 1.90. The molecule has 0 radical (unpaired) electrons. The van der Waals surface area contributed by atoms with Crippen LogP contribution in [-0.4, -0.2) is 32.6 Å². The van der Waals surface area contributed by atoms with Crippen LogP contribution in [0, 0.1) is 13.8 Å². The number of nitrogens with zero attached hydrogens (tertiary/aromatic N) is 2. The summed E-state index contributed by atoms with van der Waals surface area (Å²) in [4.78, 5) is 10.8. The highest BCUT2D eigenvalue weighted by atomic mass is 16.4. The van der Waals surface area contributed by atoms with Crippen molar-refractivity contribution >= 4 is 5.97 Å². The van der Waals surface area contributed by atoms with Gasteiger partial charge in [0.15, 0.2) is 0 Å². The van der Waals surface area contributed by atoms with Crippen molar-refractivity contribution in [3.8, 4) is 0 Å². The molecule has 1 rings (SSSR count). The quantitative estimate of drug-likeness (QED) is 0.692. The highest BCUT2D eigenvalue weighted by Crippen LogP contribution is 2.15. The van der Waals surface area contributed by atoms with Crippen LogP contribution in [0.2, 0.25) is 0 Å². The summed E-state index contributed by atoms with van der Waals surface area (Å²) in [5.41, 5.74) is 2.60. The van der Waals surface area contributed by atoms with E-state index >= 15 is 0 Å². The van der Waals surface area contributed by atoms with Gasteiger partial charge < -0.3 is 10.2 Å². The minimum absolute atomic E-state index is 0.0438. The van der Waals surface area contributed by atoms with Crippen LogP contribution < -0.4 is 0 Å². The lowest BCUT2D eigenvalue weighted by Crippen LogP contribution is -2.05. The molecule has 0 saturated carbocycles. The fourth-order valence-corrected chi connectivity index (χ4v) is 2.09. The Morgan fingerprint density at radius 1 is 1.22 bits per heavy atom. The van der Waals surface area contributed by atoms with E-state index in [4.69, 9.17) is 10.2 Å². The fourth-order valence-electron chi connectivity index (χ4n) is 2.09. The number of carboxylic acid groups (broad SMARTS) is 1. The second kappa shape index (κ2) is 7.16. The molecular weight excluding hydrogens is 232 g/mol. The molecule has 0 spiro atoms. The average Bonchev–Trinajstić information content (AvgIpc) is 2.56. The Morgan fingerprint density at radius 2 is 1.89 bits per heavy atom. The Morgan fingerprint density at radius 3 is 2.50 bits per heavy atom. The average molecular weight is 254 g/mol. The van der Waals surface area contributed by atoms with Crippen molar-refractivity contribution in [1.29, 1.82) is 0 Å². The molecule has 102 valence electrons. The number of aliphatic carboxylic acids is 1. The number of aliphatic hydroxyl groups is 1. The summed E-state index contributed by atoms with van der Waals surface area (Å²) >= 11 is 0. The molecule has 0 aromatic carbocycles. The topological polar surface area (TPSA) is 75.3 Å². The molecule has 0 aliphatic rings. The monoisotopic (exact) mass is 254 g/mol. The summed E-state index contributed by atoms with van der Waals surface area (Å²) in [5, 5.41) is 21.9. The molecule has 1 aromatic heterocycles. The summed E-state index contributed by atoms with van der Waals surface area (Å²) in [7, 11) is 0. The van der Waals surface area contributed by atoms with Gasteiger partial charge in [-0.2, -0.15) is 5.10 Å². The van der Waals surface area contributed by atoms with E-state index in [-0.39, 0.29) is 13.0 Å². The number of hydrogen-bond donors (Lipinski definition) is 2. The molecule has 1 aromatic rings. The van der Waals surface area contributed by atoms with Gasteiger partial charge in [0.25, 0.3) is 0 Å². The van der Waals surface area contributed by atoms with Gasteiger partial charge in [0.05, 0.1) is 12.1 Å². The molecule has 0 unspecified atom stereocenters. The molecule has 1 heterocycles. The van der Waals surface area contributed by atoms with Gasteiger partial charge in [0, 0.05) is 24.4 Å². The zero-order chi connectivity index (χ0) is 13.5. The molecule has 0 saturated heterocycles. The van der Waals surface area contributed by atoms with Gasteiger partial charge in [-0.25, -0.2) is 0 Å². The maximum Gasteiger partial charge on any atom is 0.307 e. The summed E-state index contributed by atoms with van der Waals surface area (Å²) in [6, 6.07) is 0. The number of aromatic nitrogens is 2. The third-order valence-electron chi connectivity index (χ3n) is 3.14. The van der Waals surface area contributed by atoms with Crippen molar-refractivity contribution in [3.63, 3.8) is 0 Å². The van der Waals surface area contributed by atoms with E-state index in [2.05, 4.69) is 5.10 Å². The van der Waals surface area contributed by atoms with Gasteiger partial charge >= 0.3 is 5.97 Å². The molecule has 5 nitrogen and oxygen atoms in total. The molecule has 0 aliphatic carbocycles. The number of rotatable bonds is 8. The maximum absolute atomic E-state index is 10.8. The Labute approximate surface area is 107 Å². The number of carbonyl (C=O) groups is 1. The van der Waals surface area contributed by atoms with E-state index < -0.39 is 5.97 Å². The van der Waals surface area contributed by atoms with Crippen molar-refractivity contribution < 1.29 is 15.0 Å². The standard InChI is InChI=1S/C13H22N2O3/c1-10-12(9-13(17)18)11(2)15(14-10)7-5-3-4-6-8-16/h16H,3-9H2,1-2H3,(H,17,18). The van der Waals surface area contributed by atoms with Crippen LogP contribution in [0.15, 0.2) is 0 Å². The lowest BCUT2D eigenvalue weighted by Gasteiger charge is -2.04. The second-order valence-electron chi connectivity index (χ2n) is 4.58. The van der Waals surface area contributed by atoms with Gasteiger partial charge in [-0.15, -0.1) is 0 Å². The van der Waals surface area contributed by atoms with E-state index in [1.807, 2.05) is 18.5 Å². The zero-order valence-electron chi connectivity index (χ0n) is 11.1. The predicted octanol–water partition coefficient (Wildman–Crippen LogP) is 1.68. The first-order chi connectivity index (χ1) is 8.56. The van der Waals surface area contributed by atoms with Crippen LogP contribution in [-0.2, 0) is 17.8 Å². The van der Waals surface area contributed by atoms with Crippen LogP contribution in [0.25, 0.3) is 0 Å². The maximum atomic E-state index is 10.8. The van der Waals surface area contributed by atoms with Crippen LogP contribution in [0.5, 0.6) is 0 Å². The van der Waals surface area contributed by atoms with Gasteiger partial charge in [-0.05, 0) is 26.7 Å². The minimum atomic E-state index is -0.816. The molecule has 0 amide bonds. The molecule has 2 N–H and O–H groups in total. The lowest BCUT2D eigenvalue weighted by atomic mass is 10.1. The minimum Gasteiger partial charge on any atom is -0.481 e. The number of aliphatic hydroxyl groups excluding tert-OH is 1. The molecule has 0 bridgehead atoms. The van der Waals surface area contributed by atoms with Crippen LogP contribution in [0.4, 0.5) is 0 Å². The summed E-state index contributed by atoms with van der Waals surface area (Å²) in [5.74, 6) is -0.816. The van der Waals surface area contributed by atoms with Crippen molar-refractivity contribution in [2.45, 2.75) is 52.5 Å². The highest BCUT2D eigenvalue weighted by Gasteiger charge is 2.13. The normalized spacial score (nSPS) is 10.8. The zero-order valence-corrected chi connectivity index (χ0v) is 11.1. The van der Waals surface area contributed by atoms with Crippen molar-refractivity contribution in [3.05, 3.63) is 17.0 Å². The Bertz CT molecular complexity index is 399. The number of carboxylic acids is 1. The number of aryl methyl sites for hydroxylation is 2. The van der Waals surface area contributed by atoms with E-state index in [0.29, 0.717) is 0 Å². The van der Waals surface area contributed by atoms with E-state index in [1.165, 1.54) is 0 Å². The Balaban J connectivity index is 2.53. The van der Waals surface area contributed by atoms with Crippen LogP contribution in [0.1, 0.15) is 42.6 Å². The largest absolute Gasteiger partial charge is 0.481 e. The predicted molar refractivity (Wildman–Crippen MR) is 68.6 cm³/mol. The third-order valence-corrected chi connectivity index (χ3v) is 3.14. The van der Waals surface area contributed by atoms with Crippen molar-refractivity contribution in [2.75, 3.05) is 6.61 Å². The third kappa shape index (κ3) is 4.14. The molecular formula is C13H22N2O3. The molecule has 0 atom stereocenters. The number of unbranched alkanes of at least 4 members (excludes halogenated alkanes) is 3. The van der Waals surface area contributed by atoms with Crippen molar-refractivity contribution in [2.24, 2.45) is 0 Å². The summed E-state index contributed by atoms with van der Waals surface area (Å²) in [6.45, 7) is 4.85. The first-order valence-corrected chi connectivity index (χ1v) is 6.41. The smallest absolute Gasteiger partial charge is 0.307 e. The molecule has 18 heavy (non-hydrogen) atoms. The van der Waals surface area contributed by atoms with Crippen LogP contribution >= 0.6 is 0 Å². The molecule has 5 heteroatoms. The van der Waals surface area contributed by atoms with E-state index in [1.54, 1.807) is 0 Å². The van der Waals surface area contributed by atoms with E-state index in [0.717, 1.165) is 49.2 Å². The van der Waals surface area contributed by atoms with Crippen molar-refractivity contribution in [1.82, 2.24) is 9.78 Å². The number of hydrogen-bond acceptors (Lipinski definition) is 3. The fraction of sp³-hybridized carbons (Fsp3) is 0.692. The van der Waals surface area contributed by atoms with Gasteiger partial charge in [0.2, 0.25) is 0 Å². The Hall–Kier alpha value is -1.36. The van der Waals surface area contributed by atoms with Crippen LogP contribution in [0.3, 0.4) is 0 Å². The van der Waals surface area contributed by atoms with E-state index in [9.17, 15) is 4.79 Å². The Kier molecular flexibility index (Phi) is 5.85. The SMILES string of the molecule is Cc1nn(CCCCCCO)c(C)c1CC(=O)O. The molecule has 0 fully saturated rings. The highest BCUT2D eigenvalue weighted by molar-refractivity contribution is 5.70. The molecule has 0 aliphatic heterocycles. The lowest BCUT2D eigenvalue weighted by molar-refractivity contribution is -0.136. The first-order valence-electron chi connectivity index (χ1n) is 6.41. The van der Waals surface area contributed by atoms with Gasteiger partial charge in [-0.1, -0.05) is 12.8 Å². The van der Waals surface area contributed by atoms with Gasteiger partial charge in [0.1, 0.15) is 0 Å². The first kappa shape index (κ1) is 14.7. The summed E-state index contributed by atoms with van der Waals surface area (Å²) in [6.07, 6.45) is 3.99.